The standard InChI is InChI=1S/C19H24FN/c1-5-9-21-19(16-7-6-8-17(20)12-16)18-14(3)10-13(2)11-15(18)4/h6-8,10-12,19,21H,5,9H2,1-4H3. The lowest BCUT2D eigenvalue weighted by molar-refractivity contribution is 0.582. The van der Waals surface area contributed by atoms with E-state index in [9.17, 15) is 4.39 Å². The number of benzene rings is 2. The van der Waals surface area contributed by atoms with E-state index in [1.54, 1.807) is 12.1 Å². The maximum atomic E-state index is 13.6. The summed E-state index contributed by atoms with van der Waals surface area (Å²) in [5.74, 6) is -0.182. The Bertz CT molecular complexity index is 596. The van der Waals surface area contributed by atoms with E-state index in [0.29, 0.717) is 0 Å². The van der Waals surface area contributed by atoms with E-state index in [2.05, 4.69) is 45.1 Å². The van der Waals surface area contributed by atoms with Crippen molar-refractivity contribution in [2.24, 2.45) is 0 Å². The predicted octanol–water partition coefficient (Wildman–Crippen LogP) is 4.84. The third-order valence-corrected chi connectivity index (χ3v) is 3.81. The largest absolute Gasteiger partial charge is 0.306 e. The Hall–Kier alpha value is -1.67. The van der Waals surface area contributed by atoms with Gasteiger partial charge in [0.15, 0.2) is 0 Å². The van der Waals surface area contributed by atoms with Gasteiger partial charge in [-0.3, -0.25) is 0 Å². The van der Waals surface area contributed by atoms with Crippen LogP contribution < -0.4 is 5.32 Å². The van der Waals surface area contributed by atoms with Gasteiger partial charge >= 0.3 is 0 Å². The molecule has 0 bridgehead atoms. The van der Waals surface area contributed by atoms with Gasteiger partial charge in [0.05, 0.1) is 6.04 Å². The van der Waals surface area contributed by atoms with Crippen LogP contribution in [0.3, 0.4) is 0 Å². The van der Waals surface area contributed by atoms with Gasteiger partial charge in [-0.1, -0.05) is 36.8 Å². The van der Waals surface area contributed by atoms with Crippen molar-refractivity contribution in [3.05, 3.63) is 70.0 Å². The van der Waals surface area contributed by atoms with Gasteiger partial charge < -0.3 is 5.32 Å². The lowest BCUT2D eigenvalue weighted by Crippen LogP contribution is -2.25. The molecule has 0 aromatic heterocycles. The van der Waals surface area contributed by atoms with Gasteiger partial charge in [0.25, 0.3) is 0 Å². The highest BCUT2D eigenvalue weighted by Crippen LogP contribution is 2.29. The van der Waals surface area contributed by atoms with Crippen molar-refractivity contribution in [2.75, 3.05) is 6.54 Å². The summed E-state index contributed by atoms with van der Waals surface area (Å²) in [6, 6.07) is 11.3. The van der Waals surface area contributed by atoms with E-state index in [4.69, 9.17) is 0 Å². The SMILES string of the molecule is CCCNC(c1cccc(F)c1)c1c(C)cc(C)cc1C. The highest BCUT2D eigenvalue weighted by molar-refractivity contribution is 5.44. The van der Waals surface area contributed by atoms with Crippen molar-refractivity contribution < 1.29 is 4.39 Å². The van der Waals surface area contributed by atoms with Crippen LogP contribution in [-0.4, -0.2) is 6.54 Å². The summed E-state index contributed by atoms with van der Waals surface area (Å²) in [6.07, 6.45) is 1.05. The van der Waals surface area contributed by atoms with Crippen LogP contribution in [0.5, 0.6) is 0 Å². The molecule has 1 unspecified atom stereocenters. The van der Waals surface area contributed by atoms with Crippen LogP contribution in [0, 0.1) is 26.6 Å². The number of hydrogen-bond donors (Lipinski definition) is 1. The first-order chi connectivity index (χ1) is 10.0. The summed E-state index contributed by atoms with van der Waals surface area (Å²) in [7, 11) is 0. The Kier molecular flexibility index (Phi) is 5.13. The average Bonchev–Trinajstić information content (AvgIpc) is 2.41. The minimum Gasteiger partial charge on any atom is -0.306 e. The normalized spacial score (nSPS) is 12.4. The van der Waals surface area contributed by atoms with Crippen molar-refractivity contribution in [3.63, 3.8) is 0 Å². The molecule has 2 aromatic carbocycles. The van der Waals surface area contributed by atoms with E-state index in [0.717, 1.165) is 18.5 Å². The van der Waals surface area contributed by atoms with E-state index < -0.39 is 0 Å². The molecule has 21 heavy (non-hydrogen) atoms. The molecule has 1 nitrogen and oxygen atoms in total. The summed E-state index contributed by atoms with van der Waals surface area (Å²) in [4.78, 5) is 0. The highest BCUT2D eigenvalue weighted by Gasteiger charge is 2.18. The molecule has 0 spiro atoms. The molecule has 2 heteroatoms. The highest BCUT2D eigenvalue weighted by atomic mass is 19.1. The second kappa shape index (κ2) is 6.86. The van der Waals surface area contributed by atoms with Crippen molar-refractivity contribution >= 4 is 0 Å². The van der Waals surface area contributed by atoms with E-state index in [1.165, 1.54) is 28.3 Å². The fourth-order valence-corrected chi connectivity index (χ4v) is 3.01. The Balaban J connectivity index is 2.50. The number of hydrogen-bond acceptors (Lipinski definition) is 1. The molecule has 0 radical (unpaired) electrons. The van der Waals surface area contributed by atoms with Crippen LogP contribution in [0.4, 0.5) is 4.39 Å². The zero-order valence-corrected chi connectivity index (χ0v) is 13.3. The average molecular weight is 285 g/mol. The number of nitrogens with one attached hydrogen (secondary N) is 1. The number of aryl methyl sites for hydroxylation is 3. The summed E-state index contributed by atoms with van der Waals surface area (Å²) >= 11 is 0. The quantitative estimate of drug-likeness (QED) is 0.829. The smallest absolute Gasteiger partial charge is 0.123 e. The number of rotatable bonds is 5. The molecule has 112 valence electrons. The molecule has 0 saturated carbocycles. The van der Waals surface area contributed by atoms with Crippen molar-refractivity contribution in [3.8, 4) is 0 Å². The molecule has 0 aliphatic rings. The third kappa shape index (κ3) is 3.70. The predicted molar refractivity (Wildman–Crippen MR) is 87.2 cm³/mol. The van der Waals surface area contributed by atoms with Crippen molar-refractivity contribution in [1.29, 1.82) is 0 Å². The molecule has 2 rings (SSSR count). The molecule has 1 atom stereocenters. The van der Waals surface area contributed by atoms with E-state index >= 15 is 0 Å². The molecule has 2 aromatic rings. The second-order valence-electron chi connectivity index (χ2n) is 5.75. The Morgan fingerprint density at radius 2 is 1.71 bits per heavy atom. The fraction of sp³-hybridized carbons (Fsp3) is 0.368. The van der Waals surface area contributed by atoms with Gasteiger partial charge in [0.2, 0.25) is 0 Å². The van der Waals surface area contributed by atoms with Gasteiger partial charge in [-0.2, -0.15) is 0 Å². The van der Waals surface area contributed by atoms with Crippen LogP contribution in [0.15, 0.2) is 36.4 Å². The first kappa shape index (κ1) is 15.7. The first-order valence-corrected chi connectivity index (χ1v) is 7.59. The van der Waals surface area contributed by atoms with Gasteiger partial charge in [-0.15, -0.1) is 0 Å². The molecular formula is C19H24FN. The van der Waals surface area contributed by atoms with Crippen LogP contribution >= 0.6 is 0 Å². The van der Waals surface area contributed by atoms with E-state index in [1.807, 2.05) is 6.07 Å². The minimum absolute atomic E-state index is 0.0428. The molecule has 0 amide bonds. The van der Waals surface area contributed by atoms with Gasteiger partial charge in [0.1, 0.15) is 5.82 Å². The lowest BCUT2D eigenvalue weighted by atomic mass is 9.90. The Labute approximate surface area is 127 Å². The zero-order valence-electron chi connectivity index (χ0n) is 13.3. The summed E-state index contributed by atoms with van der Waals surface area (Å²) in [5.41, 5.74) is 6.02. The van der Waals surface area contributed by atoms with Gasteiger partial charge in [-0.25, -0.2) is 4.39 Å². The van der Waals surface area contributed by atoms with Gasteiger partial charge in [-0.05, 0) is 68.1 Å². The molecule has 0 saturated heterocycles. The van der Waals surface area contributed by atoms with Gasteiger partial charge in [0, 0.05) is 0 Å². The topological polar surface area (TPSA) is 12.0 Å². The summed E-state index contributed by atoms with van der Waals surface area (Å²) in [6.45, 7) is 9.43. The Morgan fingerprint density at radius 1 is 1.05 bits per heavy atom. The molecule has 0 fully saturated rings. The third-order valence-electron chi connectivity index (χ3n) is 3.81. The minimum atomic E-state index is -0.182. The first-order valence-electron chi connectivity index (χ1n) is 7.59. The number of halogens is 1. The maximum absolute atomic E-state index is 13.6. The lowest BCUT2D eigenvalue weighted by Gasteiger charge is -2.24. The Morgan fingerprint density at radius 3 is 2.29 bits per heavy atom. The second-order valence-corrected chi connectivity index (χ2v) is 5.75. The van der Waals surface area contributed by atoms with E-state index in [-0.39, 0.29) is 11.9 Å². The van der Waals surface area contributed by atoms with Crippen LogP contribution in [-0.2, 0) is 0 Å². The molecule has 0 aliphatic carbocycles. The molecule has 0 aliphatic heterocycles. The van der Waals surface area contributed by atoms with Crippen molar-refractivity contribution in [1.82, 2.24) is 5.32 Å². The van der Waals surface area contributed by atoms with Crippen molar-refractivity contribution in [2.45, 2.75) is 40.2 Å². The monoisotopic (exact) mass is 285 g/mol. The summed E-state index contributed by atoms with van der Waals surface area (Å²) < 4.78 is 13.6. The summed E-state index contributed by atoms with van der Waals surface area (Å²) in [5, 5.41) is 3.56. The maximum Gasteiger partial charge on any atom is 0.123 e. The van der Waals surface area contributed by atoms with Crippen LogP contribution in [0.25, 0.3) is 0 Å². The molecule has 1 N–H and O–H groups in total. The van der Waals surface area contributed by atoms with Crippen LogP contribution in [0.2, 0.25) is 0 Å². The van der Waals surface area contributed by atoms with Crippen LogP contribution in [0.1, 0.15) is 47.2 Å². The fourth-order valence-electron chi connectivity index (χ4n) is 3.01. The molecule has 0 heterocycles. The zero-order chi connectivity index (χ0) is 15.4. The molecular weight excluding hydrogens is 261 g/mol.